The predicted molar refractivity (Wildman–Crippen MR) is 122 cm³/mol. The third-order valence-corrected chi connectivity index (χ3v) is 5.92. The number of aromatic nitrogens is 2. The molecule has 0 saturated carbocycles. The molecule has 3 heterocycles. The summed E-state index contributed by atoms with van der Waals surface area (Å²) in [5.41, 5.74) is 1.90. The number of rotatable bonds is 4. The molecule has 2 aliphatic heterocycles. The summed E-state index contributed by atoms with van der Waals surface area (Å²) in [6.07, 6.45) is 7.00. The van der Waals surface area contributed by atoms with Gasteiger partial charge in [-0.2, -0.15) is 0 Å². The van der Waals surface area contributed by atoms with E-state index in [1.165, 1.54) is 6.42 Å². The van der Waals surface area contributed by atoms with Crippen molar-refractivity contribution in [2.45, 2.75) is 25.8 Å². The van der Waals surface area contributed by atoms with Gasteiger partial charge < -0.3 is 20.0 Å². The summed E-state index contributed by atoms with van der Waals surface area (Å²) in [5.74, 6) is 1.82. The van der Waals surface area contributed by atoms with E-state index in [0.29, 0.717) is 6.54 Å². The molecule has 1 aromatic heterocycles. The number of likely N-dealkylation sites (tertiary alicyclic amines) is 1. The van der Waals surface area contributed by atoms with Crippen LogP contribution in [0.25, 0.3) is 0 Å². The Morgan fingerprint density at radius 2 is 1.61 bits per heavy atom. The smallest absolute Gasteiger partial charge is 0.253 e. The molecular weight excluding hydrogens is 390 g/mol. The molecule has 1 N–H and O–H groups in total. The number of carbonyl (C=O) groups excluding carboxylic acids is 1. The van der Waals surface area contributed by atoms with Crippen molar-refractivity contribution in [1.29, 1.82) is 0 Å². The summed E-state index contributed by atoms with van der Waals surface area (Å²) in [6, 6.07) is 9.77. The van der Waals surface area contributed by atoms with E-state index in [-0.39, 0.29) is 5.91 Å². The van der Waals surface area contributed by atoms with Gasteiger partial charge in [-0.1, -0.05) is 12.1 Å². The second-order valence-electron chi connectivity index (χ2n) is 7.97. The lowest BCUT2D eigenvalue weighted by Gasteiger charge is -2.36. The first kappa shape index (κ1) is 21.1. The van der Waals surface area contributed by atoms with Crippen molar-refractivity contribution >= 4 is 17.8 Å². The Balaban J connectivity index is 1.27. The van der Waals surface area contributed by atoms with Gasteiger partial charge in [0.15, 0.2) is 5.96 Å². The van der Waals surface area contributed by atoms with Crippen molar-refractivity contribution in [2.75, 3.05) is 51.2 Å². The highest BCUT2D eigenvalue weighted by atomic mass is 16.2. The summed E-state index contributed by atoms with van der Waals surface area (Å²) in [4.78, 5) is 32.2. The maximum atomic E-state index is 12.6. The molecule has 0 radical (unpaired) electrons. The van der Waals surface area contributed by atoms with Crippen molar-refractivity contribution in [2.24, 2.45) is 4.99 Å². The third kappa shape index (κ3) is 5.31. The Labute approximate surface area is 184 Å². The zero-order valence-corrected chi connectivity index (χ0v) is 18.2. The van der Waals surface area contributed by atoms with Crippen LogP contribution < -0.4 is 10.2 Å². The van der Waals surface area contributed by atoms with Gasteiger partial charge in [0.2, 0.25) is 5.95 Å². The van der Waals surface area contributed by atoms with Crippen LogP contribution >= 0.6 is 0 Å². The molecule has 1 amide bonds. The number of hydrogen-bond donors (Lipinski definition) is 1. The minimum absolute atomic E-state index is 0.148. The molecule has 0 bridgehead atoms. The second-order valence-corrected chi connectivity index (χ2v) is 7.97. The van der Waals surface area contributed by atoms with E-state index in [4.69, 9.17) is 0 Å². The van der Waals surface area contributed by atoms with Gasteiger partial charge in [-0.25, -0.2) is 9.97 Å². The van der Waals surface area contributed by atoms with Crippen LogP contribution in [0.4, 0.5) is 5.95 Å². The Hall–Kier alpha value is -3.16. The predicted octanol–water partition coefficient (Wildman–Crippen LogP) is 2.00. The number of piperazine rings is 1. The highest BCUT2D eigenvalue weighted by molar-refractivity contribution is 5.94. The zero-order valence-electron chi connectivity index (χ0n) is 18.2. The molecule has 2 saturated heterocycles. The number of benzene rings is 1. The van der Waals surface area contributed by atoms with Crippen LogP contribution in [0.15, 0.2) is 47.7 Å². The Morgan fingerprint density at radius 3 is 2.26 bits per heavy atom. The van der Waals surface area contributed by atoms with Gasteiger partial charge in [0, 0.05) is 70.8 Å². The molecule has 2 fully saturated rings. The minimum Gasteiger partial charge on any atom is -0.352 e. The van der Waals surface area contributed by atoms with Crippen molar-refractivity contribution < 1.29 is 4.79 Å². The van der Waals surface area contributed by atoms with Crippen LogP contribution in [0.3, 0.4) is 0 Å². The Morgan fingerprint density at radius 1 is 0.935 bits per heavy atom. The lowest BCUT2D eigenvalue weighted by Crippen LogP contribution is -2.52. The van der Waals surface area contributed by atoms with Crippen molar-refractivity contribution in [3.05, 3.63) is 53.9 Å². The highest BCUT2D eigenvalue weighted by Gasteiger charge is 2.21. The van der Waals surface area contributed by atoms with E-state index in [0.717, 1.165) is 75.1 Å². The maximum Gasteiger partial charge on any atom is 0.253 e. The summed E-state index contributed by atoms with van der Waals surface area (Å²) in [5, 5.41) is 3.45. The average molecular weight is 422 g/mol. The van der Waals surface area contributed by atoms with E-state index >= 15 is 0 Å². The third-order valence-electron chi connectivity index (χ3n) is 5.92. The first-order chi connectivity index (χ1) is 15.2. The lowest BCUT2D eigenvalue weighted by molar-refractivity contribution is 0.0724. The van der Waals surface area contributed by atoms with Crippen LogP contribution in [0.1, 0.15) is 35.2 Å². The molecule has 0 unspecified atom stereocenters. The van der Waals surface area contributed by atoms with Crippen LogP contribution in [0.5, 0.6) is 0 Å². The number of nitrogens with one attached hydrogen (secondary N) is 1. The van der Waals surface area contributed by atoms with Crippen LogP contribution in [-0.2, 0) is 6.54 Å². The number of amides is 1. The van der Waals surface area contributed by atoms with Gasteiger partial charge in [-0.3, -0.25) is 9.79 Å². The van der Waals surface area contributed by atoms with E-state index in [2.05, 4.69) is 30.1 Å². The summed E-state index contributed by atoms with van der Waals surface area (Å²) in [6.45, 7) is 5.87. The first-order valence-electron chi connectivity index (χ1n) is 11.1. The van der Waals surface area contributed by atoms with Gasteiger partial charge in [-0.05, 0) is 43.0 Å². The average Bonchev–Trinajstić information content (AvgIpc) is 2.86. The number of anilines is 1. The van der Waals surface area contributed by atoms with Crippen molar-refractivity contribution in [3.63, 3.8) is 0 Å². The van der Waals surface area contributed by atoms with Gasteiger partial charge in [-0.15, -0.1) is 0 Å². The minimum atomic E-state index is 0.148. The molecule has 2 aromatic rings. The molecule has 4 rings (SSSR count). The monoisotopic (exact) mass is 421 g/mol. The largest absolute Gasteiger partial charge is 0.352 e. The summed E-state index contributed by atoms with van der Waals surface area (Å²) < 4.78 is 0. The molecule has 0 spiro atoms. The fourth-order valence-corrected chi connectivity index (χ4v) is 4.13. The number of hydrogen-bond acceptors (Lipinski definition) is 5. The second kappa shape index (κ2) is 10.2. The molecule has 0 atom stereocenters. The standard InChI is InChI=1S/C23H31N7O/c1-24-22(29-14-16-30(17-15-29)23-25-10-5-11-26-23)27-18-19-6-8-20(9-7-19)21(31)28-12-3-2-4-13-28/h5-11H,2-4,12-18H2,1H3,(H,24,27). The molecule has 31 heavy (non-hydrogen) atoms. The summed E-state index contributed by atoms with van der Waals surface area (Å²) in [7, 11) is 1.81. The zero-order chi connectivity index (χ0) is 21.5. The van der Waals surface area contributed by atoms with E-state index in [9.17, 15) is 4.79 Å². The number of nitrogens with zero attached hydrogens (tertiary/aromatic N) is 6. The van der Waals surface area contributed by atoms with Gasteiger partial charge in [0.1, 0.15) is 0 Å². The van der Waals surface area contributed by atoms with Crippen LogP contribution in [-0.4, -0.2) is 78.0 Å². The number of piperidine rings is 1. The normalized spacial score (nSPS) is 17.6. The molecule has 2 aliphatic rings. The topological polar surface area (TPSA) is 77.0 Å². The molecule has 8 nitrogen and oxygen atoms in total. The number of guanidine groups is 1. The molecule has 0 aliphatic carbocycles. The fourth-order valence-electron chi connectivity index (χ4n) is 4.13. The van der Waals surface area contributed by atoms with E-state index in [1.54, 1.807) is 12.4 Å². The molecular formula is C23H31N7O. The Kier molecular flexibility index (Phi) is 6.96. The van der Waals surface area contributed by atoms with Gasteiger partial charge >= 0.3 is 0 Å². The maximum absolute atomic E-state index is 12.6. The van der Waals surface area contributed by atoms with Gasteiger partial charge in [0.25, 0.3) is 5.91 Å². The molecule has 164 valence electrons. The SMILES string of the molecule is CN=C(NCc1ccc(C(=O)N2CCCCC2)cc1)N1CCN(c2ncccn2)CC1. The highest BCUT2D eigenvalue weighted by Crippen LogP contribution is 2.14. The van der Waals surface area contributed by atoms with Crippen LogP contribution in [0.2, 0.25) is 0 Å². The number of carbonyl (C=O) groups is 1. The van der Waals surface area contributed by atoms with E-state index < -0.39 is 0 Å². The fraction of sp³-hybridized carbons (Fsp3) is 0.478. The van der Waals surface area contributed by atoms with E-state index in [1.807, 2.05) is 42.3 Å². The molecule has 8 heteroatoms. The molecule has 1 aromatic carbocycles. The number of aliphatic imine (C=N–C) groups is 1. The quantitative estimate of drug-likeness (QED) is 0.601. The Bertz CT molecular complexity index is 871. The van der Waals surface area contributed by atoms with Crippen molar-refractivity contribution in [3.8, 4) is 0 Å². The lowest BCUT2D eigenvalue weighted by atomic mass is 10.1. The first-order valence-corrected chi connectivity index (χ1v) is 11.1. The summed E-state index contributed by atoms with van der Waals surface area (Å²) >= 11 is 0. The van der Waals surface area contributed by atoms with Crippen LogP contribution in [0, 0.1) is 0 Å². The van der Waals surface area contributed by atoms with Gasteiger partial charge in [0.05, 0.1) is 0 Å². The van der Waals surface area contributed by atoms with Crippen molar-refractivity contribution in [1.82, 2.24) is 25.1 Å².